The first-order valence-corrected chi connectivity index (χ1v) is 9.24. The molecule has 1 unspecified atom stereocenters. The maximum Gasteiger partial charge on any atom is 0.0613 e. The monoisotopic (exact) mass is 349 g/mol. The van der Waals surface area contributed by atoms with Gasteiger partial charge >= 0.3 is 0 Å². The van der Waals surface area contributed by atoms with Crippen LogP contribution < -0.4 is 5.32 Å². The van der Waals surface area contributed by atoms with Crippen LogP contribution in [-0.2, 0) is 0 Å². The zero-order chi connectivity index (χ0) is 15.7. The first kappa shape index (κ1) is 19.1. The van der Waals surface area contributed by atoms with E-state index >= 15 is 0 Å². The molecule has 0 aliphatic rings. The van der Waals surface area contributed by atoms with Crippen molar-refractivity contribution in [3.8, 4) is 0 Å². The lowest BCUT2D eigenvalue weighted by molar-refractivity contribution is 0.146. The van der Waals surface area contributed by atoms with Crippen LogP contribution in [0.1, 0.15) is 39.5 Å². The second-order valence-corrected chi connectivity index (χ2v) is 7.23. The van der Waals surface area contributed by atoms with Gasteiger partial charge in [-0.2, -0.15) is 0 Å². The molecule has 0 heterocycles. The Morgan fingerprint density at radius 3 is 2.67 bits per heavy atom. The Balaban J connectivity index is 2.45. The molecule has 0 saturated heterocycles. The zero-order valence-electron chi connectivity index (χ0n) is 12.8. The fourth-order valence-corrected chi connectivity index (χ4v) is 3.65. The summed E-state index contributed by atoms with van der Waals surface area (Å²) in [4.78, 5) is 1.02. The number of hydrogen-bond acceptors (Lipinski definition) is 3. The molecule has 0 bridgehead atoms. The first-order valence-electron chi connectivity index (χ1n) is 7.50. The number of rotatable bonds is 10. The molecule has 21 heavy (non-hydrogen) atoms. The van der Waals surface area contributed by atoms with Gasteiger partial charge in [0.15, 0.2) is 0 Å². The molecule has 1 atom stereocenters. The second kappa shape index (κ2) is 9.96. The molecule has 0 radical (unpaired) electrons. The highest BCUT2D eigenvalue weighted by atomic mass is 35.5. The molecule has 1 aromatic carbocycles. The van der Waals surface area contributed by atoms with Crippen molar-refractivity contribution in [2.75, 3.05) is 18.9 Å². The van der Waals surface area contributed by atoms with Crippen molar-refractivity contribution in [3.05, 3.63) is 28.2 Å². The maximum absolute atomic E-state index is 9.69. The molecule has 0 spiro atoms. The highest BCUT2D eigenvalue weighted by Crippen LogP contribution is 2.31. The number of thioether (sulfide) groups is 1. The molecule has 0 aromatic heterocycles. The lowest BCUT2D eigenvalue weighted by Gasteiger charge is -2.32. The Labute approximate surface area is 142 Å². The van der Waals surface area contributed by atoms with Crippen LogP contribution in [0.25, 0.3) is 0 Å². The molecule has 0 fully saturated rings. The van der Waals surface area contributed by atoms with Gasteiger partial charge in [-0.05, 0) is 56.2 Å². The molecule has 2 N–H and O–H groups in total. The van der Waals surface area contributed by atoms with Gasteiger partial charge in [0, 0.05) is 15.5 Å². The fraction of sp³-hybridized carbons (Fsp3) is 0.625. The van der Waals surface area contributed by atoms with Crippen LogP contribution in [0.2, 0.25) is 10.0 Å². The fourth-order valence-electron chi connectivity index (χ4n) is 2.21. The normalized spacial score (nSPS) is 14.1. The van der Waals surface area contributed by atoms with Gasteiger partial charge in [-0.25, -0.2) is 0 Å². The molecule has 0 aliphatic carbocycles. The smallest absolute Gasteiger partial charge is 0.0613 e. The van der Waals surface area contributed by atoms with Gasteiger partial charge in [0.2, 0.25) is 0 Å². The van der Waals surface area contributed by atoms with E-state index in [1.807, 2.05) is 12.1 Å². The average molecular weight is 350 g/mol. The number of halogens is 2. The molecule has 5 heteroatoms. The minimum absolute atomic E-state index is 0.144. The molecule has 0 amide bonds. The van der Waals surface area contributed by atoms with Gasteiger partial charge in [0.25, 0.3) is 0 Å². The van der Waals surface area contributed by atoms with E-state index in [0.29, 0.717) is 5.02 Å². The van der Waals surface area contributed by atoms with E-state index in [-0.39, 0.29) is 12.1 Å². The van der Waals surface area contributed by atoms with Crippen LogP contribution in [0, 0.1) is 0 Å². The SMILES string of the molecule is CCCNC(CC)(CO)CCCSc1cc(Cl)ccc1Cl. The molecule has 2 nitrogen and oxygen atoms in total. The van der Waals surface area contributed by atoms with Crippen molar-refractivity contribution >= 4 is 35.0 Å². The Bertz CT molecular complexity index is 425. The summed E-state index contributed by atoms with van der Waals surface area (Å²) in [5.74, 6) is 0.968. The third kappa shape index (κ3) is 6.37. The summed E-state index contributed by atoms with van der Waals surface area (Å²) >= 11 is 13.9. The Morgan fingerprint density at radius 1 is 1.29 bits per heavy atom. The average Bonchev–Trinajstić information content (AvgIpc) is 2.50. The van der Waals surface area contributed by atoms with Crippen LogP contribution in [0.4, 0.5) is 0 Å². The number of nitrogens with one attached hydrogen (secondary N) is 1. The van der Waals surface area contributed by atoms with E-state index in [2.05, 4.69) is 19.2 Å². The highest BCUT2D eigenvalue weighted by Gasteiger charge is 2.25. The van der Waals surface area contributed by atoms with Crippen LogP contribution in [-0.4, -0.2) is 29.5 Å². The van der Waals surface area contributed by atoms with Gasteiger partial charge in [0.1, 0.15) is 0 Å². The van der Waals surface area contributed by atoms with E-state index in [1.165, 1.54) is 0 Å². The Kier molecular flexibility index (Phi) is 9.07. The predicted octanol–water partition coefficient (Wildman–Crippen LogP) is 5.01. The van der Waals surface area contributed by atoms with Crippen molar-refractivity contribution in [2.24, 2.45) is 0 Å². The Hall–Kier alpha value is 0.0700. The first-order chi connectivity index (χ1) is 10.1. The summed E-state index contributed by atoms with van der Waals surface area (Å²) in [6.45, 7) is 5.40. The summed E-state index contributed by atoms with van der Waals surface area (Å²) in [5.41, 5.74) is -0.144. The van der Waals surface area contributed by atoms with E-state index in [1.54, 1.807) is 17.8 Å². The zero-order valence-corrected chi connectivity index (χ0v) is 15.1. The molecular formula is C16H25Cl2NOS. The van der Waals surface area contributed by atoms with Crippen molar-refractivity contribution in [2.45, 2.75) is 50.0 Å². The van der Waals surface area contributed by atoms with Crippen molar-refractivity contribution in [3.63, 3.8) is 0 Å². The van der Waals surface area contributed by atoms with Gasteiger partial charge in [0.05, 0.1) is 11.6 Å². The van der Waals surface area contributed by atoms with Gasteiger partial charge in [-0.15, -0.1) is 11.8 Å². The van der Waals surface area contributed by atoms with Crippen molar-refractivity contribution < 1.29 is 5.11 Å². The summed E-state index contributed by atoms with van der Waals surface area (Å²) in [6, 6.07) is 5.54. The molecule has 0 aliphatic heterocycles. The lowest BCUT2D eigenvalue weighted by Crippen LogP contribution is -2.48. The number of benzene rings is 1. The van der Waals surface area contributed by atoms with E-state index in [0.717, 1.165) is 47.9 Å². The van der Waals surface area contributed by atoms with Crippen molar-refractivity contribution in [1.29, 1.82) is 0 Å². The van der Waals surface area contributed by atoms with Crippen LogP contribution in [0.3, 0.4) is 0 Å². The molecular weight excluding hydrogens is 325 g/mol. The van der Waals surface area contributed by atoms with Gasteiger partial charge < -0.3 is 10.4 Å². The molecule has 0 saturated carbocycles. The van der Waals surface area contributed by atoms with Crippen LogP contribution in [0.5, 0.6) is 0 Å². The highest BCUT2D eigenvalue weighted by molar-refractivity contribution is 7.99. The summed E-state index contributed by atoms with van der Waals surface area (Å²) in [7, 11) is 0. The van der Waals surface area contributed by atoms with E-state index in [9.17, 15) is 5.11 Å². The van der Waals surface area contributed by atoms with Gasteiger partial charge in [-0.1, -0.05) is 37.0 Å². The van der Waals surface area contributed by atoms with Crippen LogP contribution in [0.15, 0.2) is 23.1 Å². The lowest BCUT2D eigenvalue weighted by atomic mass is 9.91. The third-order valence-corrected chi connectivity index (χ3v) is 5.50. The van der Waals surface area contributed by atoms with Crippen LogP contribution >= 0.6 is 35.0 Å². The molecule has 120 valence electrons. The number of aliphatic hydroxyl groups is 1. The number of hydrogen-bond donors (Lipinski definition) is 2. The third-order valence-electron chi connectivity index (χ3n) is 3.68. The largest absolute Gasteiger partial charge is 0.394 e. The predicted molar refractivity (Wildman–Crippen MR) is 94.8 cm³/mol. The maximum atomic E-state index is 9.69. The Morgan fingerprint density at radius 2 is 2.05 bits per heavy atom. The van der Waals surface area contributed by atoms with E-state index in [4.69, 9.17) is 23.2 Å². The van der Waals surface area contributed by atoms with E-state index < -0.39 is 0 Å². The number of aliphatic hydroxyl groups excluding tert-OH is 1. The topological polar surface area (TPSA) is 32.3 Å². The standard InChI is InChI=1S/C16H25Cl2NOS/c1-3-9-19-16(4-2,12-20)8-5-10-21-15-11-13(17)6-7-14(15)18/h6-7,11,19-20H,3-5,8-10,12H2,1-2H3. The summed E-state index contributed by atoms with van der Waals surface area (Å²) in [6.07, 6.45) is 4.00. The molecule has 1 rings (SSSR count). The minimum atomic E-state index is -0.144. The minimum Gasteiger partial charge on any atom is -0.394 e. The summed E-state index contributed by atoms with van der Waals surface area (Å²) < 4.78 is 0. The van der Waals surface area contributed by atoms with Crippen molar-refractivity contribution in [1.82, 2.24) is 5.32 Å². The second-order valence-electron chi connectivity index (χ2n) is 5.25. The molecule has 1 aromatic rings. The quantitative estimate of drug-likeness (QED) is 0.460. The van der Waals surface area contributed by atoms with Gasteiger partial charge in [-0.3, -0.25) is 0 Å². The summed E-state index contributed by atoms with van der Waals surface area (Å²) in [5, 5.41) is 14.6.